The molecule has 1 saturated heterocycles. The molecule has 1 aliphatic heterocycles. The van der Waals surface area contributed by atoms with Gasteiger partial charge < -0.3 is 10.0 Å². The molecule has 0 spiro atoms. The van der Waals surface area contributed by atoms with Gasteiger partial charge in [0.2, 0.25) is 5.91 Å². The summed E-state index contributed by atoms with van der Waals surface area (Å²) in [4.78, 5) is 23.5. The fourth-order valence-corrected chi connectivity index (χ4v) is 1.72. The largest absolute Gasteiger partial charge is 0.373 e. The third-order valence-electron chi connectivity index (χ3n) is 1.95. The molecule has 1 amide bonds. The van der Waals surface area contributed by atoms with E-state index in [4.69, 9.17) is 0 Å². The Bertz CT molecular complexity index is 219. The van der Waals surface area contributed by atoms with Gasteiger partial charge in [-0.1, -0.05) is 0 Å². The molecule has 1 rings (SSSR count). The molecule has 1 aliphatic rings. The zero-order chi connectivity index (χ0) is 9.84. The Morgan fingerprint density at radius 1 is 1.77 bits per heavy atom. The lowest BCUT2D eigenvalue weighted by Crippen LogP contribution is -2.37. The van der Waals surface area contributed by atoms with Crippen molar-refractivity contribution in [3.63, 3.8) is 0 Å². The summed E-state index contributed by atoms with van der Waals surface area (Å²) in [6.45, 7) is 0.0564. The van der Waals surface area contributed by atoms with Crippen molar-refractivity contribution in [1.29, 1.82) is 0 Å². The number of hydrogen-bond acceptors (Lipinski definition) is 4. The van der Waals surface area contributed by atoms with Gasteiger partial charge in [-0.15, -0.1) is 0 Å². The molecule has 4 nitrogen and oxygen atoms in total. The number of aliphatic hydroxyl groups excluding tert-OH is 1. The van der Waals surface area contributed by atoms with Crippen LogP contribution in [0.15, 0.2) is 0 Å². The van der Waals surface area contributed by atoms with Crippen molar-refractivity contribution in [3.05, 3.63) is 0 Å². The van der Waals surface area contributed by atoms with Gasteiger partial charge in [0.15, 0.2) is 5.78 Å². The highest BCUT2D eigenvalue weighted by atomic mass is 32.2. The molecule has 0 bridgehead atoms. The fraction of sp³-hybridized carbons (Fsp3) is 0.750. The van der Waals surface area contributed by atoms with Gasteiger partial charge in [0, 0.05) is 12.8 Å². The van der Waals surface area contributed by atoms with Crippen molar-refractivity contribution < 1.29 is 14.7 Å². The molecule has 1 N–H and O–H groups in total. The second-order valence-corrected chi connectivity index (χ2v) is 3.88. The van der Waals surface area contributed by atoms with E-state index in [2.05, 4.69) is 0 Å². The first kappa shape index (κ1) is 10.5. The highest BCUT2D eigenvalue weighted by Gasteiger charge is 2.30. The molecule has 0 aromatic carbocycles. The first-order valence-corrected chi connectivity index (χ1v) is 5.52. The number of aliphatic hydroxyl groups is 1. The third kappa shape index (κ3) is 2.70. The van der Waals surface area contributed by atoms with Crippen molar-refractivity contribution >= 4 is 23.5 Å². The summed E-state index contributed by atoms with van der Waals surface area (Å²) in [7, 11) is 0. The van der Waals surface area contributed by atoms with Crippen LogP contribution in [0, 0.1) is 0 Å². The summed E-state index contributed by atoms with van der Waals surface area (Å²) in [5.74, 6) is 0.264. The summed E-state index contributed by atoms with van der Waals surface area (Å²) in [6, 6.07) is 0. The van der Waals surface area contributed by atoms with Crippen LogP contribution in [0.1, 0.15) is 12.8 Å². The minimum absolute atomic E-state index is 0.0122. The maximum absolute atomic E-state index is 11.2. The molecule has 1 atom stereocenters. The van der Waals surface area contributed by atoms with Crippen LogP contribution in [0.2, 0.25) is 0 Å². The van der Waals surface area contributed by atoms with Crippen molar-refractivity contribution in [2.45, 2.75) is 19.1 Å². The molecule has 0 aliphatic carbocycles. The number of carbonyl (C=O) groups is 2. The Balaban J connectivity index is 2.43. The minimum atomic E-state index is -0.752. The van der Waals surface area contributed by atoms with Gasteiger partial charge in [0.1, 0.15) is 6.23 Å². The van der Waals surface area contributed by atoms with Crippen LogP contribution in [0.3, 0.4) is 0 Å². The summed E-state index contributed by atoms with van der Waals surface area (Å²) in [6.07, 6.45) is 1.89. The van der Waals surface area contributed by atoms with E-state index in [1.165, 1.54) is 16.7 Å². The summed E-state index contributed by atoms with van der Waals surface area (Å²) in [5, 5.41) is 9.32. The van der Waals surface area contributed by atoms with Crippen LogP contribution in [0.5, 0.6) is 0 Å². The van der Waals surface area contributed by atoms with E-state index in [0.717, 1.165) is 0 Å². The van der Waals surface area contributed by atoms with E-state index in [9.17, 15) is 14.7 Å². The second-order valence-electron chi connectivity index (χ2n) is 3.01. The van der Waals surface area contributed by atoms with Gasteiger partial charge >= 0.3 is 0 Å². The third-order valence-corrected chi connectivity index (χ3v) is 2.56. The smallest absolute Gasteiger partial charge is 0.225 e. The molecule has 13 heavy (non-hydrogen) atoms. The zero-order valence-electron chi connectivity index (χ0n) is 7.52. The highest BCUT2D eigenvalue weighted by molar-refractivity contribution is 7.99. The number of nitrogens with zero attached hydrogens (tertiary/aromatic N) is 1. The second kappa shape index (κ2) is 4.62. The lowest BCUT2D eigenvalue weighted by molar-refractivity contribution is -0.137. The topological polar surface area (TPSA) is 57.6 Å². The predicted octanol–water partition coefficient (Wildman–Crippen LogP) is -0.141. The lowest BCUT2D eigenvalue weighted by atomic mass is 10.4. The number of amides is 1. The number of Topliss-reactive ketones (excluding diaryl/α,β-unsaturated/α-hetero) is 1. The fourth-order valence-electron chi connectivity index (χ4n) is 1.31. The van der Waals surface area contributed by atoms with Crippen LogP contribution < -0.4 is 0 Å². The molecule has 0 aromatic heterocycles. The number of carbonyl (C=O) groups excluding carboxylic acids is 2. The van der Waals surface area contributed by atoms with Gasteiger partial charge in [-0.25, -0.2) is 0 Å². The van der Waals surface area contributed by atoms with Gasteiger partial charge in [0.25, 0.3) is 0 Å². The summed E-state index contributed by atoms with van der Waals surface area (Å²) >= 11 is 1.43. The highest BCUT2D eigenvalue weighted by Crippen LogP contribution is 2.15. The Labute approximate surface area is 81.3 Å². The molecule has 74 valence electrons. The Hall–Kier alpha value is -0.550. The number of rotatable bonds is 4. The minimum Gasteiger partial charge on any atom is -0.373 e. The Morgan fingerprint density at radius 3 is 2.92 bits per heavy atom. The molecular formula is C8H13NO3S. The van der Waals surface area contributed by atoms with E-state index in [-0.39, 0.29) is 18.2 Å². The number of hydrogen-bond donors (Lipinski definition) is 1. The van der Waals surface area contributed by atoms with Crippen LogP contribution in [-0.4, -0.2) is 46.5 Å². The molecule has 1 fully saturated rings. The van der Waals surface area contributed by atoms with Gasteiger partial charge in [-0.2, -0.15) is 11.8 Å². The average Bonchev–Trinajstić information content (AvgIpc) is 2.36. The maximum Gasteiger partial charge on any atom is 0.225 e. The van der Waals surface area contributed by atoms with Gasteiger partial charge in [0.05, 0.1) is 12.3 Å². The Kier molecular flexibility index (Phi) is 3.74. The first-order valence-electron chi connectivity index (χ1n) is 4.13. The number of likely N-dealkylation sites (tertiary alicyclic amines) is 1. The standard InChI is InChI=1S/C8H13NO3S/c1-13-5-6(10)4-9-7(11)2-3-8(9)12/h7,11H,2-5H2,1H3. The van der Waals surface area contributed by atoms with Crippen LogP contribution in [0.25, 0.3) is 0 Å². The monoisotopic (exact) mass is 203 g/mol. The average molecular weight is 203 g/mol. The molecular weight excluding hydrogens is 190 g/mol. The van der Waals surface area contributed by atoms with Gasteiger partial charge in [-0.3, -0.25) is 9.59 Å². The SMILES string of the molecule is CSCC(=O)CN1C(=O)CCC1O. The quantitative estimate of drug-likeness (QED) is 0.691. The van der Waals surface area contributed by atoms with Crippen molar-refractivity contribution in [1.82, 2.24) is 4.90 Å². The van der Waals surface area contributed by atoms with E-state index in [1.807, 2.05) is 6.26 Å². The molecule has 0 saturated carbocycles. The van der Waals surface area contributed by atoms with E-state index in [0.29, 0.717) is 18.6 Å². The molecule has 0 radical (unpaired) electrons. The maximum atomic E-state index is 11.2. The normalized spacial score (nSPS) is 22.5. The Morgan fingerprint density at radius 2 is 2.46 bits per heavy atom. The van der Waals surface area contributed by atoms with Crippen LogP contribution >= 0.6 is 11.8 Å². The summed E-state index contributed by atoms with van der Waals surface area (Å²) in [5.41, 5.74) is 0. The molecule has 5 heteroatoms. The molecule has 1 heterocycles. The lowest BCUT2D eigenvalue weighted by Gasteiger charge is -2.18. The van der Waals surface area contributed by atoms with Crippen molar-refractivity contribution in [2.75, 3.05) is 18.6 Å². The van der Waals surface area contributed by atoms with E-state index in [1.54, 1.807) is 0 Å². The van der Waals surface area contributed by atoms with E-state index >= 15 is 0 Å². The van der Waals surface area contributed by atoms with Crippen LogP contribution in [-0.2, 0) is 9.59 Å². The number of ketones is 1. The van der Waals surface area contributed by atoms with Crippen molar-refractivity contribution in [3.8, 4) is 0 Å². The summed E-state index contributed by atoms with van der Waals surface area (Å²) < 4.78 is 0. The predicted molar refractivity (Wildman–Crippen MR) is 50.3 cm³/mol. The van der Waals surface area contributed by atoms with Crippen molar-refractivity contribution in [2.24, 2.45) is 0 Å². The molecule has 0 aromatic rings. The van der Waals surface area contributed by atoms with Gasteiger partial charge in [-0.05, 0) is 6.26 Å². The van der Waals surface area contributed by atoms with Crippen LogP contribution in [0.4, 0.5) is 0 Å². The molecule has 1 unspecified atom stereocenters. The zero-order valence-corrected chi connectivity index (χ0v) is 8.34. The first-order chi connectivity index (χ1) is 6.15. The van der Waals surface area contributed by atoms with E-state index < -0.39 is 6.23 Å². The number of thioether (sulfide) groups is 1.